The van der Waals surface area contributed by atoms with E-state index in [1.54, 1.807) is 18.3 Å². The van der Waals surface area contributed by atoms with Gasteiger partial charge in [-0.05, 0) is 35.2 Å². The summed E-state index contributed by atoms with van der Waals surface area (Å²) in [6, 6.07) is 15.3. The van der Waals surface area contributed by atoms with Gasteiger partial charge in [0.2, 0.25) is 5.91 Å². The maximum atomic E-state index is 11.8. The number of carbonyl (C=O) groups excluding carboxylic acids is 1. The molecule has 21 heavy (non-hydrogen) atoms. The van der Waals surface area contributed by atoms with Gasteiger partial charge >= 0.3 is 0 Å². The van der Waals surface area contributed by atoms with Crippen molar-refractivity contribution in [2.24, 2.45) is 5.10 Å². The van der Waals surface area contributed by atoms with Crippen LogP contribution in [0.5, 0.6) is 0 Å². The molecule has 0 aromatic heterocycles. The summed E-state index contributed by atoms with van der Waals surface area (Å²) in [5.41, 5.74) is 5.64. The number of amides is 1. The van der Waals surface area contributed by atoms with Crippen molar-refractivity contribution < 1.29 is 4.79 Å². The Morgan fingerprint density at radius 1 is 1.10 bits per heavy atom. The third-order valence-corrected chi connectivity index (χ3v) is 3.32. The van der Waals surface area contributed by atoms with Crippen LogP contribution in [0.25, 0.3) is 0 Å². The van der Waals surface area contributed by atoms with Crippen LogP contribution >= 0.6 is 11.6 Å². The van der Waals surface area contributed by atoms with Crippen LogP contribution in [0.1, 0.15) is 23.6 Å². The first kappa shape index (κ1) is 15.3. The van der Waals surface area contributed by atoms with Crippen molar-refractivity contribution in [2.75, 3.05) is 0 Å². The molecule has 0 aliphatic heterocycles. The maximum absolute atomic E-state index is 11.8. The summed E-state index contributed by atoms with van der Waals surface area (Å²) in [4.78, 5) is 11.8. The lowest BCUT2D eigenvalue weighted by Gasteiger charge is -2.02. The molecule has 0 saturated heterocycles. The van der Waals surface area contributed by atoms with Crippen LogP contribution in [0.3, 0.4) is 0 Å². The van der Waals surface area contributed by atoms with E-state index in [9.17, 15) is 4.79 Å². The van der Waals surface area contributed by atoms with Gasteiger partial charge in [0.15, 0.2) is 0 Å². The minimum atomic E-state index is -0.135. The van der Waals surface area contributed by atoms with Gasteiger partial charge < -0.3 is 0 Å². The molecule has 1 amide bonds. The van der Waals surface area contributed by atoms with E-state index in [2.05, 4.69) is 17.5 Å². The van der Waals surface area contributed by atoms with Gasteiger partial charge in [0.1, 0.15) is 0 Å². The molecule has 0 aliphatic rings. The third-order valence-electron chi connectivity index (χ3n) is 3.07. The second-order valence-corrected chi connectivity index (χ2v) is 5.13. The minimum Gasteiger partial charge on any atom is -0.273 e. The van der Waals surface area contributed by atoms with Crippen molar-refractivity contribution in [3.63, 3.8) is 0 Å². The minimum absolute atomic E-state index is 0.135. The van der Waals surface area contributed by atoms with Gasteiger partial charge in [-0.25, -0.2) is 5.43 Å². The Labute approximate surface area is 129 Å². The van der Waals surface area contributed by atoms with E-state index >= 15 is 0 Å². The predicted octanol–water partition coefficient (Wildman–Crippen LogP) is 3.60. The maximum Gasteiger partial charge on any atom is 0.244 e. The van der Waals surface area contributed by atoms with Gasteiger partial charge in [0.05, 0.1) is 12.6 Å². The highest BCUT2D eigenvalue weighted by atomic mass is 35.5. The lowest BCUT2D eigenvalue weighted by Crippen LogP contribution is -2.19. The lowest BCUT2D eigenvalue weighted by molar-refractivity contribution is -0.120. The summed E-state index contributed by atoms with van der Waals surface area (Å²) in [7, 11) is 0. The van der Waals surface area contributed by atoms with Crippen LogP contribution < -0.4 is 5.43 Å². The molecule has 2 aromatic carbocycles. The second-order valence-electron chi connectivity index (χ2n) is 4.69. The summed E-state index contributed by atoms with van der Waals surface area (Å²) in [6.45, 7) is 2.10. The van der Waals surface area contributed by atoms with Crippen molar-refractivity contribution in [1.82, 2.24) is 5.43 Å². The first-order chi connectivity index (χ1) is 10.2. The molecule has 2 aromatic rings. The molecular formula is C17H17ClN2O. The van der Waals surface area contributed by atoms with E-state index in [1.165, 1.54) is 5.56 Å². The molecule has 3 nitrogen and oxygen atoms in total. The molecule has 0 aliphatic carbocycles. The van der Waals surface area contributed by atoms with Gasteiger partial charge in [-0.2, -0.15) is 5.10 Å². The molecule has 0 heterocycles. The Bertz CT molecular complexity index is 618. The fourth-order valence-electron chi connectivity index (χ4n) is 1.85. The normalized spacial score (nSPS) is 10.8. The Hall–Kier alpha value is -2.13. The first-order valence-corrected chi connectivity index (χ1v) is 7.20. The molecule has 108 valence electrons. The number of carbonyl (C=O) groups is 1. The molecule has 0 radical (unpaired) electrons. The average molecular weight is 301 g/mol. The number of rotatable bonds is 5. The third kappa shape index (κ3) is 5.04. The van der Waals surface area contributed by atoms with E-state index in [-0.39, 0.29) is 5.91 Å². The molecule has 4 heteroatoms. The number of nitrogens with one attached hydrogen (secondary N) is 1. The van der Waals surface area contributed by atoms with Gasteiger partial charge in [0, 0.05) is 5.02 Å². The fraction of sp³-hybridized carbons (Fsp3) is 0.176. The molecule has 0 saturated carbocycles. The van der Waals surface area contributed by atoms with Gasteiger partial charge in [-0.15, -0.1) is 0 Å². The van der Waals surface area contributed by atoms with E-state index in [1.807, 2.05) is 36.4 Å². The highest BCUT2D eigenvalue weighted by Gasteiger charge is 2.01. The molecule has 2 rings (SSSR count). The average Bonchev–Trinajstić information content (AvgIpc) is 2.50. The van der Waals surface area contributed by atoms with Crippen molar-refractivity contribution in [3.8, 4) is 0 Å². The number of hydrazone groups is 1. The van der Waals surface area contributed by atoms with E-state index in [0.29, 0.717) is 11.4 Å². The molecular weight excluding hydrogens is 284 g/mol. The summed E-state index contributed by atoms with van der Waals surface area (Å²) in [5, 5.41) is 4.61. The van der Waals surface area contributed by atoms with Crippen LogP contribution in [0.4, 0.5) is 0 Å². The van der Waals surface area contributed by atoms with Crippen LogP contribution in [0, 0.1) is 0 Å². The highest BCUT2D eigenvalue weighted by Crippen LogP contribution is 2.08. The zero-order valence-corrected chi connectivity index (χ0v) is 12.6. The summed E-state index contributed by atoms with van der Waals surface area (Å²) in [5.74, 6) is -0.135. The van der Waals surface area contributed by atoms with Gasteiger partial charge in [0.25, 0.3) is 0 Å². The zero-order chi connectivity index (χ0) is 15.1. The molecule has 0 unspecified atom stereocenters. The molecule has 0 atom stereocenters. The lowest BCUT2D eigenvalue weighted by atomic mass is 10.1. The van der Waals surface area contributed by atoms with Crippen molar-refractivity contribution >= 4 is 23.7 Å². The topological polar surface area (TPSA) is 41.5 Å². The van der Waals surface area contributed by atoms with Crippen molar-refractivity contribution in [3.05, 3.63) is 70.2 Å². The van der Waals surface area contributed by atoms with Crippen LogP contribution in [0.2, 0.25) is 5.02 Å². The molecule has 0 bridgehead atoms. The summed E-state index contributed by atoms with van der Waals surface area (Å²) < 4.78 is 0. The monoisotopic (exact) mass is 300 g/mol. The number of nitrogens with zero attached hydrogens (tertiary/aromatic N) is 1. The van der Waals surface area contributed by atoms with Crippen molar-refractivity contribution in [1.29, 1.82) is 0 Å². The predicted molar refractivity (Wildman–Crippen MR) is 86.7 cm³/mol. The number of aryl methyl sites for hydroxylation is 1. The van der Waals surface area contributed by atoms with Crippen LogP contribution in [-0.4, -0.2) is 12.1 Å². The van der Waals surface area contributed by atoms with Crippen LogP contribution in [0.15, 0.2) is 53.6 Å². The van der Waals surface area contributed by atoms with E-state index in [0.717, 1.165) is 17.5 Å². The standard InChI is InChI=1S/C17H17ClN2O/c1-2-13-3-5-14(6-4-13)11-17(21)20-19-12-15-7-9-16(18)10-8-15/h3-10,12H,2,11H2,1H3,(H,20,21)/b19-12-. The molecule has 1 N–H and O–H groups in total. The van der Waals surface area contributed by atoms with Crippen molar-refractivity contribution in [2.45, 2.75) is 19.8 Å². The molecule has 0 spiro atoms. The van der Waals surface area contributed by atoms with Crippen LogP contribution in [-0.2, 0) is 17.6 Å². The summed E-state index contributed by atoms with van der Waals surface area (Å²) >= 11 is 5.79. The Morgan fingerprint density at radius 3 is 2.33 bits per heavy atom. The van der Waals surface area contributed by atoms with Gasteiger partial charge in [-0.3, -0.25) is 4.79 Å². The quantitative estimate of drug-likeness (QED) is 0.665. The Kier molecular flexibility index (Phi) is 5.52. The fourth-order valence-corrected chi connectivity index (χ4v) is 1.97. The summed E-state index contributed by atoms with van der Waals surface area (Å²) in [6.07, 6.45) is 2.91. The molecule has 0 fully saturated rings. The smallest absolute Gasteiger partial charge is 0.244 e. The Balaban J connectivity index is 1.85. The first-order valence-electron chi connectivity index (χ1n) is 6.82. The SMILES string of the molecule is CCc1ccc(CC(=O)N/N=C\c2ccc(Cl)cc2)cc1. The number of hydrogen-bond donors (Lipinski definition) is 1. The zero-order valence-electron chi connectivity index (χ0n) is 11.8. The van der Waals surface area contributed by atoms with E-state index < -0.39 is 0 Å². The second kappa shape index (κ2) is 7.60. The van der Waals surface area contributed by atoms with E-state index in [4.69, 9.17) is 11.6 Å². The highest BCUT2D eigenvalue weighted by molar-refractivity contribution is 6.30. The number of halogens is 1. The van der Waals surface area contributed by atoms with Gasteiger partial charge in [-0.1, -0.05) is 54.9 Å². The number of hydrogen-bond acceptors (Lipinski definition) is 2. The number of benzene rings is 2. The Morgan fingerprint density at radius 2 is 1.71 bits per heavy atom. The largest absolute Gasteiger partial charge is 0.273 e.